The number of nitriles is 1. The van der Waals surface area contributed by atoms with Crippen molar-refractivity contribution < 1.29 is 0 Å². The maximum absolute atomic E-state index is 13.0. The Kier molecular flexibility index (Phi) is 4.26. The molecular formula is C18H17N3OS. The van der Waals surface area contributed by atoms with Crippen LogP contribution in [0.2, 0.25) is 0 Å². The third-order valence-corrected chi connectivity index (χ3v) is 4.91. The molecular weight excluding hydrogens is 306 g/mol. The molecule has 0 saturated heterocycles. The number of thiophene rings is 1. The molecule has 23 heavy (non-hydrogen) atoms. The van der Waals surface area contributed by atoms with Crippen LogP contribution in [0, 0.1) is 25.2 Å². The molecule has 0 aliphatic carbocycles. The van der Waals surface area contributed by atoms with Crippen LogP contribution in [0.4, 0.5) is 0 Å². The molecule has 0 N–H and O–H groups in total. The predicted octanol–water partition coefficient (Wildman–Crippen LogP) is 4.05. The zero-order valence-electron chi connectivity index (χ0n) is 13.2. The summed E-state index contributed by atoms with van der Waals surface area (Å²) in [6.07, 6.45) is 1.10. The number of aromatic nitrogens is 2. The Labute approximate surface area is 138 Å². The van der Waals surface area contributed by atoms with Gasteiger partial charge in [0.05, 0.1) is 11.5 Å². The van der Waals surface area contributed by atoms with Crippen molar-refractivity contribution in [3.8, 4) is 17.2 Å². The van der Waals surface area contributed by atoms with E-state index in [0.29, 0.717) is 30.6 Å². The lowest BCUT2D eigenvalue weighted by atomic mass is 10.0. The standard InChI is InChI=1S/C18H17N3OS/c1-12-15(14-8-4-3-5-9-14)16-17(23-12)20-13(2)21(18(16)22)11-7-6-10-19/h3-5,8-9H,6-7,11H2,1-2H3. The van der Waals surface area contributed by atoms with Crippen molar-refractivity contribution >= 4 is 21.6 Å². The van der Waals surface area contributed by atoms with E-state index in [4.69, 9.17) is 5.26 Å². The Morgan fingerprint density at radius 2 is 2.00 bits per heavy atom. The SMILES string of the molecule is Cc1sc2nc(C)n(CCCC#N)c(=O)c2c1-c1ccccc1. The van der Waals surface area contributed by atoms with Gasteiger partial charge in [0, 0.05) is 23.4 Å². The van der Waals surface area contributed by atoms with Gasteiger partial charge in [-0.2, -0.15) is 5.26 Å². The largest absolute Gasteiger partial charge is 0.296 e. The average Bonchev–Trinajstić information content (AvgIpc) is 2.87. The number of rotatable bonds is 4. The molecule has 0 spiro atoms. The van der Waals surface area contributed by atoms with Crippen LogP contribution in [0.15, 0.2) is 35.1 Å². The first-order chi connectivity index (χ1) is 11.1. The number of aryl methyl sites for hydroxylation is 2. The molecule has 0 atom stereocenters. The highest BCUT2D eigenvalue weighted by molar-refractivity contribution is 7.19. The van der Waals surface area contributed by atoms with Gasteiger partial charge in [0.15, 0.2) is 0 Å². The van der Waals surface area contributed by atoms with Gasteiger partial charge in [-0.1, -0.05) is 30.3 Å². The molecule has 1 aromatic carbocycles. The molecule has 116 valence electrons. The van der Waals surface area contributed by atoms with Crippen molar-refractivity contribution in [1.82, 2.24) is 9.55 Å². The van der Waals surface area contributed by atoms with Gasteiger partial charge in [0.2, 0.25) is 0 Å². The number of hydrogen-bond acceptors (Lipinski definition) is 4. The van der Waals surface area contributed by atoms with Crippen LogP contribution in [0.3, 0.4) is 0 Å². The summed E-state index contributed by atoms with van der Waals surface area (Å²) in [6.45, 7) is 4.41. The van der Waals surface area contributed by atoms with Crippen LogP contribution in [0.1, 0.15) is 23.5 Å². The van der Waals surface area contributed by atoms with Gasteiger partial charge < -0.3 is 0 Å². The van der Waals surface area contributed by atoms with Gasteiger partial charge in [-0.15, -0.1) is 11.3 Å². The molecule has 0 unspecified atom stereocenters. The van der Waals surface area contributed by atoms with Crippen molar-refractivity contribution in [2.45, 2.75) is 33.2 Å². The highest BCUT2D eigenvalue weighted by Gasteiger charge is 2.18. The summed E-state index contributed by atoms with van der Waals surface area (Å²) >= 11 is 1.56. The molecule has 3 rings (SSSR count). The van der Waals surface area contributed by atoms with Gasteiger partial charge in [-0.3, -0.25) is 9.36 Å². The molecule has 3 aromatic rings. The minimum atomic E-state index is -0.00589. The van der Waals surface area contributed by atoms with Crippen LogP contribution in [-0.2, 0) is 6.54 Å². The molecule has 2 heterocycles. The van der Waals surface area contributed by atoms with Crippen LogP contribution >= 0.6 is 11.3 Å². The highest BCUT2D eigenvalue weighted by Crippen LogP contribution is 2.35. The van der Waals surface area contributed by atoms with E-state index in [2.05, 4.69) is 11.1 Å². The molecule has 0 saturated carbocycles. The Morgan fingerprint density at radius 1 is 1.26 bits per heavy atom. The quantitative estimate of drug-likeness (QED) is 0.681. The van der Waals surface area contributed by atoms with E-state index in [1.165, 1.54) is 0 Å². The summed E-state index contributed by atoms with van der Waals surface area (Å²) in [5.74, 6) is 0.710. The van der Waals surface area contributed by atoms with E-state index in [1.54, 1.807) is 15.9 Å². The summed E-state index contributed by atoms with van der Waals surface area (Å²) in [4.78, 5) is 19.5. The van der Waals surface area contributed by atoms with E-state index in [1.807, 2.05) is 44.2 Å². The normalized spacial score (nSPS) is 10.8. The second-order valence-corrected chi connectivity index (χ2v) is 6.66. The lowest BCUT2D eigenvalue weighted by Gasteiger charge is -2.09. The van der Waals surface area contributed by atoms with Gasteiger partial charge in [-0.05, 0) is 25.8 Å². The van der Waals surface area contributed by atoms with Gasteiger partial charge in [0.25, 0.3) is 5.56 Å². The molecule has 0 aliphatic heterocycles. The second-order valence-electron chi connectivity index (χ2n) is 5.46. The van der Waals surface area contributed by atoms with Crippen LogP contribution in [0.25, 0.3) is 21.3 Å². The Morgan fingerprint density at radius 3 is 2.70 bits per heavy atom. The number of nitrogens with zero attached hydrogens (tertiary/aromatic N) is 3. The molecule has 4 nitrogen and oxygen atoms in total. The van der Waals surface area contributed by atoms with E-state index in [0.717, 1.165) is 20.8 Å². The smallest absolute Gasteiger partial charge is 0.262 e. The minimum absolute atomic E-state index is 0.00589. The monoisotopic (exact) mass is 323 g/mol. The molecule has 0 bridgehead atoms. The number of hydrogen-bond donors (Lipinski definition) is 0. The van der Waals surface area contributed by atoms with E-state index in [-0.39, 0.29) is 5.56 Å². The average molecular weight is 323 g/mol. The fourth-order valence-electron chi connectivity index (χ4n) is 2.83. The summed E-state index contributed by atoms with van der Waals surface area (Å²) in [6, 6.07) is 12.1. The van der Waals surface area contributed by atoms with Gasteiger partial charge in [0.1, 0.15) is 10.7 Å². The Hall–Kier alpha value is -2.45. The maximum Gasteiger partial charge on any atom is 0.262 e. The Balaban J connectivity index is 2.23. The number of benzene rings is 1. The Bertz CT molecular complexity index is 948. The molecule has 0 fully saturated rings. The molecule has 5 heteroatoms. The molecule has 2 aromatic heterocycles. The lowest BCUT2D eigenvalue weighted by Crippen LogP contribution is -2.23. The lowest BCUT2D eigenvalue weighted by molar-refractivity contribution is 0.607. The molecule has 0 amide bonds. The first-order valence-electron chi connectivity index (χ1n) is 7.56. The third kappa shape index (κ3) is 2.78. The fraction of sp³-hybridized carbons (Fsp3) is 0.278. The molecule has 0 aliphatic rings. The van der Waals surface area contributed by atoms with Crippen molar-refractivity contribution in [1.29, 1.82) is 5.26 Å². The summed E-state index contributed by atoms with van der Waals surface area (Å²) < 4.78 is 1.69. The summed E-state index contributed by atoms with van der Waals surface area (Å²) in [5.41, 5.74) is 2.02. The minimum Gasteiger partial charge on any atom is -0.296 e. The highest BCUT2D eigenvalue weighted by atomic mass is 32.1. The van der Waals surface area contributed by atoms with Gasteiger partial charge >= 0.3 is 0 Å². The van der Waals surface area contributed by atoms with Crippen molar-refractivity contribution in [2.24, 2.45) is 0 Å². The summed E-state index contributed by atoms with van der Waals surface area (Å²) in [7, 11) is 0. The topological polar surface area (TPSA) is 58.7 Å². The molecule has 0 radical (unpaired) electrons. The van der Waals surface area contributed by atoms with Crippen LogP contribution in [-0.4, -0.2) is 9.55 Å². The summed E-state index contributed by atoms with van der Waals surface area (Å²) in [5, 5.41) is 9.40. The number of fused-ring (bicyclic) bond motifs is 1. The first kappa shape index (κ1) is 15.4. The predicted molar refractivity (Wildman–Crippen MR) is 93.6 cm³/mol. The van der Waals surface area contributed by atoms with Crippen LogP contribution < -0.4 is 5.56 Å². The third-order valence-electron chi connectivity index (χ3n) is 3.91. The second kappa shape index (κ2) is 6.35. The van der Waals surface area contributed by atoms with Crippen molar-refractivity contribution in [2.75, 3.05) is 0 Å². The van der Waals surface area contributed by atoms with E-state index >= 15 is 0 Å². The zero-order valence-corrected chi connectivity index (χ0v) is 14.0. The van der Waals surface area contributed by atoms with Crippen LogP contribution in [0.5, 0.6) is 0 Å². The van der Waals surface area contributed by atoms with Gasteiger partial charge in [-0.25, -0.2) is 4.98 Å². The van der Waals surface area contributed by atoms with E-state index < -0.39 is 0 Å². The van der Waals surface area contributed by atoms with Crippen molar-refractivity contribution in [3.05, 3.63) is 51.4 Å². The fourth-order valence-corrected chi connectivity index (χ4v) is 3.91. The maximum atomic E-state index is 13.0. The first-order valence-corrected chi connectivity index (χ1v) is 8.38. The van der Waals surface area contributed by atoms with E-state index in [9.17, 15) is 4.79 Å². The van der Waals surface area contributed by atoms with Crippen molar-refractivity contribution in [3.63, 3.8) is 0 Å². The number of unbranched alkanes of at least 4 members (excludes halogenated alkanes) is 1. The zero-order chi connectivity index (χ0) is 16.4.